The van der Waals surface area contributed by atoms with Crippen LogP contribution in [0.5, 0.6) is 11.5 Å². The van der Waals surface area contributed by atoms with Crippen molar-refractivity contribution in [3.63, 3.8) is 0 Å². The van der Waals surface area contributed by atoms with Gasteiger partial charge in [0.25, 0.3) is 5.91 Å². The molecule has 212 valence electrons. The molecular weight excluding hydrogens is 537 g/mol. The number of aromatic hydroxyl groups is 1. The lowest BCUT2D eigenvalue weighted by Gasteiger charge is -2.25. The number of alkyl halides is 3. The Kier molecular flexibility index (Phi) is 7.69. The predicted molar refractivity (Wildman–Crippen MR) is 146 cm³/mol. The zero-order chi connectivity index (χ0) is 29.1. The molecule has 0 spiro atoms. The Hall–Kier alpha value is -4.80. The molecule has 1 saturated carbocycles. The minimum atomic E-state index is -4.83. The summed E-state index contributed by atoms with van der Waals surface area (Å²) < 4.78 is 42.3. The maximum absolute atomic E-state index is 13.1. The first kappa shape index (κ1) is 27.8. The summed E-state index contributed by atoms with van der Waals surface area (Å²) in [6.07, 6.45) is -1.89. The molecule has 1 aliphatic rings. The first-order valence-electron chi connectivity index (χ1n) is 13.0. The lowest BCUT2D eigenvalue weighted by Crippen LogP contribution is -2.31. The second-order valence-electron chi connectivity index (χ2n) is 9.84. The number of carbonyl (C=O) groups is 2. The number of aromatic nitrogens is 2. The molecule has 0 bridgehead atoms. The van der Waals surface area contributed by atoms with Crippen LogP contribution in [0.3, 0.4) is 0 Å². The first-order valence-corrected chi connectivity index (χ1v) is 13.0. The van der Waals surface area contributed by atoms with Gasteiger partial charge in [-0.05, 0) is 73.4 Å². The summed E-state index contributed by atoms with van der Waals surface area (Å²) in [5, 5.41) is 20.8. The molecule has 4 aromatic rings. The van der Waals surface area contributed by atoms with Crippen molar-refractivity contribution in [1.29, 1.82) is 0 Å². The highest BCUT2D eigenvalue weighted by molar-refractivity contribution is 6.04. The van der Waals surface area contributed by atoms with E-state index in [1.807, 2.05) is 31.2 Å². The van der Waals surface area contributed by atoms with Crippen LogP contribution in [0.2, 0.25) is 0 Å². The molecular formula is C30H27F3N4O4. The Labute approximate surface area is 233 Å². The number of anilines is 1. The van der Waals surface area contributed by atoms with Gasteiger partial charge in [-0.2, -0.15) is 9.78 Å². The van der Waals surface area contributed by atoms with Crippen molar-refractivity contribution in [2.75, 3.05) is 5.32 Å². The van der Waals surface area contributed by atoms with Crippen molar-refractivity contribution in [2.45, 2.75) is 45.0 Å². The van der Waals surface area contributed by atoms with Crippen molar-refractivity contribution in [3.05, 3.63) is 95.2 Å². The Balaban J connectivity index is 1.31. The largest absolute Gasteiger partial charge is 0.573 e. The maximum atomic E-state index is 13.1. The highest BCUT2D eigenvalue weighted by Gasteiger charge is 2.31. The molecule has 5 rings (SSSR count). The average molecular weight is 565 g/mol. The van der Waals surface area contributed by atoms with E-state index in [1.165, 1.54) is 22.9 Å². The molecule has 3 aromatic carbocycles. The van der Waals surface area contributed by atoms with Gasteiger partial charge in [-0.15, -0.1) is 13.2 Å². The van der Waals surface area contributed by atoms with Crippen LogP contribution in [0.4, 0.5) is 23.7 Å². The molecule has 11 heteroatoms. The Morgan fingerprint density at radius 1 is 1.05 bits per heavy atom. The van der Waals surface area contributed by atoms with E-state index in [2.05, 4.69) is 20.5 Å². The standard InChI is InChI=1S/C30H27F3N4O4/c1-18-5-2-3-6-21(18)17-34-29(40)37-26(19-7-4-8-19)16-25(36-37)24-14-11-22(15-27(24)38)35-28(39)20-9-12-23(13-10-20)41-30(31,32)33/h2-3,5-6,9-16,19,38H,4,7-8,17H2,1H3,(H,34,40)(H,35,39). The van der Waals surface area contributed by atoms with Crippen LogP contribution < -0.4 is 15.4 Å². The van der Waals surface area contributed by atoms with Gasteiger partial charge in [0.1, 0.15) is 11.5 Å². The van der Waals surface area contributed by atoms with Gasteiger partial charge in [-0.1, -0.05) is 30.7 Å². The number of hydrogen-bond acceptors (Lipinski definition) is 5. The second kappa shape index (κ2) is 11.4. The third kappa shape index (κ3) is 6.51. The normalized spacial score (nSPS) is 13.4. The third-order valence-corrected chi connectivity index (χ3v) is 7.03. The summed E-state index contributed by atoms with van der Waals surface area (Å²) in [5.41, 5.74) is 3.99. The van der Waals surface area contributed by atoms with Gasteiger partial charge in [0.05, 0.1) is 11.4 Å². The predicted octanol–water partition coefficient (Wildman–Crippen LogP) is 6.74. The van der Waals surface area contributed by atoms with Crippen LogP contribution in [0.15, 0.2) is 72.8 Å². The van der Waals surface area contributed by atoms with Crippen LogP contribution in [0, 0.1) is 6.92 Å². The molecule has 41 heavy (non-hydrogen) atoms. The minimum absolute atomic E-state index is 0.101. The van der Waals surface area contributed by atoms with E-state index in [0.29, 0.717) is 17.8 Å². The molecule has 0 aliphatic heterocycles. The van der Waals surface area contributed by atoms with Gasteiger partial charge < -0.3 is 20.5 Å². The number of phenols is 1. The Morgan fingerprint density at radius 3 is 2.41 bits per heavy atom. The van der Waals surface area contributed by atoms with Crippen molar-refractivity contribution < 1.29 is 32.6 Å². The summed E-state index contributed by atoms with van der Waals surface area (Å²) in [5.74, 6) is -1.01. The molecule has 1 fully saturated rings. The van der Waals surface area contributed by atoms with Crippen molar-refractivity contribution >= 4 is 17.6 Å². The van der Waals surface area contributed by atoms with Crippen LogP contribution >= 0.6 is 0 Å². The van der Waals surface area contributed by atoms with E-state index >= 15 is 0 Å². The molecule has 8 nitrogen and oxygen atoms in total. The fourth-order valence-electron chi connectivity index (χ4n) is 4.58. The fourth-order valence-corrected chi connectivity index (χ4v) is 4.58. The number of hydrogen-bond donors (Lipinski definition) is 3. The number of rotatable bonds is 7. The maximum Gasteiger partial charge on any atom is 0.573 e. The minimum Gasteiger partial charge on any atom is -0.507 e. The second-order valence-corrected chi connectivity index (χ2v) is 9.84. The van der Waals surface area contributed by atoms with Gasteiger partial charge in [-0.25, -0.2) is 4.79 Å². The molecule has 0 unspecified atom stereocenters. The lowest BCUT2D eigenvalue weighted by atomic mass is 9.82. The van der Waals surface area contributed by atoms with Crippen LogP contribution in [0.25, 0.3) is 11.3 Å². The topological polar surface area (TPSA) is 105 Å². The molecule has 1 aliphatic carbocycles. The molecule has 2 amide bonds. The highest BCUT2D eigenvalue weighted by Crippen LogP contribution is 2.39. The number of benzene rings is 3. The molecule has 3 N–H and O–H groups in total. The molecule has 0 saturated heterocycles. The van der Waals surface area contributed by atoms with Gasteiger partial charge in [0.15, 0.2) is 0 Å². The molecule has 0 radical (unpaired) electrons. The number of carbonyl (C=O) groups excluding carboxylic acids is 2. The van der Waals surface area contributed by atoms with E-state index in [9.17, 15) is 27.9 Å². The smallest absolute Gasteiger partial charge is 0.507 e. The van der Waals surface area contributed by atoms with E-state index in [0.717, 1.165) is 48.2 Å². The van der Waals surface area contributed by atoms with Gasteiger partial charge in [0, 0.05) is 35.3 Å². The summed E-state index contributed by atoms with van der Waals surface area (Å²) in [6, 6.07) is 18.2. The summed E-state index contributed by atoms with van der Waals surface area (Å²) in [6.45, 7) is 2.33. The Bertz CT molecular complexity index is 1580. The van der Waals surface area contributed by atoms with E-state index in [-0.39, 0.29) is 28.9 Å². The van der Waals surface area contributed by atoms with Crippen molar-refractivity contribution in [3.8, 4) is 22.8 Å². The molecule has 1 heterocycles. The quantitative estimate of drug-likeness (QED) is 0.231. The van der Waals surface area contributed by atoms with E-state index in [1.54, 1.807) is 18.2 Å². The number of ether oxygens (including phenoxy) is 1. The third-order valence-electron chi connectivity index (χ3n) is 7.03. The zero-order valence-corrected chi connectivity index (χ0v) is 22.0. The van der Waals surface area contributed by atoms with Crippen LogP contribution in [-0.2, 0) is 6.54 Å². The van der Waals surface area contributed by atoms with Crippen molar-refractivity contribution in [1.82, 2.24) is 15.1 Å². The number of nitrogens with zero attached hydrogens (tertiary/aromatic N) is 2. The van der Waals surface area contributed by atoms with E-state index in [4.69, 9.17) is 0 Å². The number of phenolic OH excluding ortho intramolecular Hbond substituents is 1. The lowest BCUT2D eigenvalue weighted by molar-refractivity contribution is -0.274. The monoisotopic (exact) mass is 564 g/mol. The summed E-state index contributed by atoms with van der Waals surface area (Å²) in [7, 11) is 0. The summed E-state index contributed by atoms with van der Waals surface area (Å²) >= 11 is 0. The van der Waals surface area contributed by atoms with E-state index < -0.39 is 18.0 Å². The van der Waals surface area contributed by atoms with Crippen LogP contribution in [0.1, 0.15) is 52.4 Å². The fraction of sp³-hybridized carbons (Fsp3) is 0.233. The Morgan fingerprint density at radius 2 is 1.78 bits per heavy atom. The average Bonchev–Trinajstić information content (AvgIpc) is 3.31. The number of halogens is 3. The summed E-state index contributed by atoms with van der Waals surface area (Å²) in [4.78, 5) is 25.7. The highest BCUT2D eigenvalue weighted by atomic mass is 19.4. The number of nitrogens with one attached hydrogen (secondary N) is 2. The van der Waals surface area contributed by atoms with Crippen LogP contribution in [-0.4, -0.2) is 33.2 Å². The van der Waals surface area contributed by atoms with Gasteiger partial charge >= 0.3 is 12.4 Å². The van der Waals surface area contributed by atoms with Crippen molar-refractivity contribution in [2.24, 2.45) is 0 Å². The number of aryl methyl sites for hydroxylation is 1. The SMILES string of the molecule is Cc1ccccc1CNC(=O)n1nc(-c2ccc(NC(=O)c3ccc(OC(F)(F)F)cc3)cc2O)cc1C1CCC1. The zero-order valence-electron chi connectivity index (χ0n) is 22.0. The molecule has 0 atom stereocenters. The first-order chi connectivity index (χ1) is 19.6. The molecule has 1 aromatic heterocycles. The van der Waals surface area contributed by atoms with Gasteiger partial charge in [0.2, 0.25) is 0 Å². The van der Waals surface area contributed by atoms with Gasteiger partial charge in [-0.3, -0.25) is 4.79 Å². The number of amides is 2.